The number of anilines is 1. The van der Waals surface area contributed by atoms with Crippen LogP contribution in [0.1, 0.15) is 40.0 Å². The molecular formula is C18H26N4O3S2. The number of nitrogens with zero attached hydrogens (tertiary/aromatic N) is 2. The molecule has 0 saturated carbocycles. The van der Waals surface area contributed by atoms with E-state index in [0.717, 1.165) is 12.0 Å². The minimum absolute atomic E-state index is 0.0146. The van der Waals surface area contributed by atoms with Crippen LogP contribution in [-0.4, -0.2) is 36.3 Å². The Morgan fingerprint density at radius 2 is 1.89 bits per heavy atom. The molecule has 0 aliphatic carbocycles. The Balaban J connectivity index is 2.11. The molecule has 1 aromatic heterocycles. The van der Waals surface area contributed by atoms with Crippen molar-refractivity contribution in [2.75, 3.05) is 11.1 Å². The number of rotatable bonds is 10. The maximum Gasteiger partial charge on any atom is 0.244 e. The van der Waals surface area contributed by atoms with Crippen molar-refractivity contribution >= 4 is 32.4 Å². The third-order valence-electron chi connectivity index (χ3n) is 4.24. The van der Waals surface area contributed by atoms with Crippen LogP contribution < -0.4 is 10.0 Å². The molecule has 1 amide bonds. The summed E-state index contributed by atoms with van der Waals surface area (Å²) in [5.74, 6) is -0.552. The second-order valence-corrected chi connectivity index (χ2v) is 9.27. The summed E-state index contributed by atoms with van der Waals surface area (Å²) < 4.78 is 27.1. The van der Waals surface area contributed by atoms with Crippen LogP contribution in [0.25, 0.3) is 10.6 Å². The largest absolute Gasteiger partial charge is 0.299 e. The second-order valence-electron chi connectivity index (χ2n) is 6.42. The average Bonchev–Trinajstić information content (AvgIpc) is 3.13. The third-order valence-corrected chi connectivity index (χ3v) is 6.57. The van der Waals surface area contributed by atoms with Gasteiger partial charge in [-0.15, -0.1) is 10.2 Å². The van der Waals surface area contributed by atoms with E-state index >= 15 is 0 Å². The highest BCUT2D eigenvalue weighted by atomic mass is 32.2. The van der Waals surface area contributed by atoms with E-state index in [1.807, 2.05) is 51.1 Å². The molecule has 0 spiro atoms. The van der Waals surface area contributed by atoms with Crippen molar-refractivity contribution in [3.05, 3.63) is 30.3 Å². The normalized spacial score (nSPS) is 13.9. The van der Waals surface area contributed by atoms with Gasteiger partial charge in [0.2, 0.25) is 21.1 Å². The first kappa shape index (κ1) is 21.5. The lowest BCUT2D eigenvalue weighted by molar-refractivity contribution is -0.118. The number of nitrogens with one attached hydrogen (secondary N) is 2. The van der Waals surface area contributed by atoms with Gasteiger partial charge in [-0.1, -0.05) is 75.3 Å². The monoisotopic (exact) mass is 410 g/mol. The number of unbranched alkanes of at least 4 members (excludes halogenated alkanes) is 1. The predicted molar refractivity (Wildman–Crippen MR) is 109 cm³/mol. The molecule has 0 bridgehead atoms. The molecule has 0 saturated heterocycles. The summed E-state index contributed by atoms with van der Waals surface area (Å²) in [4.78, 5) is 12.7. The molecule has 2 rings (SSSR count). The summed E-state index contributed by atoms with van der Waals surface area (Å²) in [6, 6.07) is 8.69. The molecule has 2 N–H and O–H groups in total. The molecule has 0 aliphatic rings. The Morgan fingerprint density at radius 3 is 2.52 bits per heavy atom. The van der Waals surface area contributed by atoms with E-state index in [-0.39, 0.29) is 11.7 Å². The number of amides is 1. The van der Waals surface area contributed by atoms with Gasteiger partial charge in [-0.3, -0.25) is 10.1 Å². The summed E-state index contributed by atoms with van der Waals surface area (Å²) in [5.41, 5.74) is 0.911. The lowest BCUT2D eigenvalue weighted by atomic mass is 9.99. The summed E-state index contributed by atoms with van der Waals surface area (Å²) in [6.07, 6.45) is 1.99. The van der Waals surface area contributed by atoms with Crippen molar-refractivity contribution < 1.29 is 13.2 Å². The Morgan fingerprint density at radius 1 is 1.19 bits per heavy atom. The topological polar surface area (TPSA) is 101 Å². The number of hydrogen-bond donors (Lipinski definition) is 2. The molecule has 2 unspecified atom stereocenters. The van der Waals surface area contributed by atoms with Gasteiger partial charge in [-0.2, -0.15) is 0 Å². The molecule has 7 nitrogen and oxygen atoms in total. The standard InChI is InChI=1S/C18H26N4O3S2/c1-4-6-12-27(24,25)22-15(13(3)5-2)16(23)19-18-21-20-17(26-18)14-10-8-7-9-11-14/h7-11,13,15,22H,4-6,12H2,1-3H3,(H,19,21,23). The smallest absolute Gasteiger partial charge is 0.244 e. The molecular weight excluding hydrogens is 384 g/mol. The maximum absolute atomic E-state index is 12.7. The Bertz CT molecular complexity index is 837. The van der Waals surface area contributed by atoms with Gasteiger partial charge in [-0.25, -0.2) is 13.1 Å². The SMILES string of the molecule is CCCCS(=O)(=O)NC(C(=O)Nc1nnc(-c2ccccc2)s1)C(C)CC. The predicted octanol–water partition coefficient (Wildman–Crippen LogP) is 3.28. The number of sulfonamides is 1. The van der Waals surface area contributed by atoms with Gasteiger partial charge in [0.05, 0.1) is 5.75 Å². The van der Waals surface area contributed by atoms with Crippen molar-refractivity contribution in [3.63, 3.8) is 0 Å². The Hall–Kier alpha value is -1.84. The lowest BCUT2D eigenvalue weighted by Gasteiger charge is -2.22. The molecule has 27 heavy (non-hydrogen) atoms. The van der Waals surface area contributed by atoms with Crippen LogP contribution in [0.3, 0.4) is 0 Å². The second kappa shape index (κ2) is 9.91. The first-order valence-corrected chi connectivity index (χ1v) is 11.5. The molecule has 0 fully saturated rings. The van der Waals surface area contributed by atoms with Gasteiger partial charge in [0.25, 0.3) is 0 Å². The highest BCUT2D eigenvalue weighted by Crippen LogP contribution is 2.26. The highest BCUT2D eigenvalue weighted by Gasteiger charge is 2.29. The van der Waals surface area contributed by atoms with Crippen molar-refractivity contribution in [1.82, 2.24) is 14.9 Å². The minimum Gasteiger partial charge on any atom is -0.299 e. The zero-order valence-electron chi connectivity index (χ0n) is 15.8. The Kier molecular flexibility index (Phi) is 7.88. The quantitative estimate of drug-likeness (QED) is 0.626. The van der Waals surface area contributed by atoms with Crippen LogP contribution in [0.2, 0.25) is 0 Å². The van der Waals surface area contributed by atoms with Gasteiger partial charge in [0.1, 0.15) is 11.0 Å². The lowest BCUT2D eigenvalue weighted by Crippen LogP contribution is -2.48. The Labute approximate surface area is 164 Å². The van der Waals surface area contributed by atoms with Gasteiger partial charge in [0, 0.05) is 5.56 Å². The van der Waals surface area contributed by atoms with Crippen molar-refractivity contribution in [2.24, 2.45) is 5.92 Å². The van der Waals surface area contributed by atoms with Gasteiger partial charge >= 0.3 is 0 Å². The number of carbonyl (C=O) groups is 1. The van der Waals surface area contributed by atoms with E-state index in [9.17, 15) is 13.2 Å². The number of aromatic nitrogens is 2. The fourth-order valence-corrected chi connectivity index (χ4v) is 4.67. The van der Waals surface area contributed by atoms with Gasteiger partial charge in [0.15, 0.2) is 0 Å². The van der Waals surface area contributed by atoms with Crippen molar-refractivity contribution in [3.8, 4) is 10.6 Å². The minimum atomic E-state index is -3.52. The molecule has 148 valence electrons. The third kappa shape index (κ3) is 6.37. The number of benzene rings is 1. The van der Waals surface area contributed by atoms with Gasteiger partial charge in [-0.05, 0) is 12.3 Å². The average molecular weight is 411 g/mol. The molecule has 2 aromatic rings. The number of carbonyl (C=O) groups excluding carboxylic acids is 1. The van der Waals surface area contributed by atoms with Crippen molar-refractivity contribution in [1.29, 1.82) is 0 Å². The summed E-state index contributed by atoms with van der Waals surface area (Å²) in [5, 5.41) is 11.8. The molecule has 2 atom stereocenters. The first-order chi connectivity index (χ1) is 12.9. The van der Waals surface area contributed by atoms with Crippen LogP contribution in [-0.2, 0) is 14.8 Å². The fourth-order valence-electron chi connectivity index (χ4n) is 2.40. The molecule has 1 aromatic carbocycles. The van der Waals surface area contributed by atoms with E-state index in [2.05, 4.69) is 20.2 Å². The summed E-state index contributed by atoms with van der Waals surface area (Å²) in [6.45, 7) is 5.69. The van der Waals surface area contributed by atoms with Crippen LogP contribution >= 0.6 is 11.3 Å². The van der Waals surface area contributed by atoms with Crippen LogP contribution in [0.15, 0.2) is 30.3 Å². The van der Waals surface area contributed by atoms with Crippen LogP contribution in [0.5, 0.6) is 0 Å². The van der Waals surface area contributed by atoms with E-state index in [1.54, 1.807) is 0 Å². The zero-order chi connectivity index (χ0) is 19.9. The summed E-state index contributed by atoms with van der Waals surface area (Å²) >= 11 is 1.25. The first-order valence-electron chi connectivity index (χ1n) is 9.06. The molecule has 0 aliphatic heterocycles. The summed E-state index contributed by atoms with van der Waals surface area (Å²) in [7, 11) is -3.52. The van der Waals surface area contributed by atoms with E-state index in [1.165, 1.54) is 11.3 Å². The molecule has 0 radical (unpaired) electrons. The zero-order valence-corrected chi connectivity index (χ0v) is 17.4. The van der Waals surface area contributed by atoms with Crippen LogP contribution in [0.4, 0.5) is 5.13 Å². The van der Waals surface area contributed by atoms with E-state index in [4.69, 9.17) is 0 Å². The highest BCUT2D eigenvalue weighted by molar-refractivity contribution is 7.89. The van der Waals surface area contributed by atoms with Crippen LogP contribution in [0, 0.1) is 5.92 Å². The van der Waals surface area contributed by atoms with Crippen molar-refractivity contribution in [2.45, 2.75) is 46.1 Å². The van der Waals surface area contributed by atoms with Gasteiger partial charge < -0.3 is 0 Å². The maximum atomic E-state index is 12.7. The molecule has 1 heterocycles. The number of hydrogen-bond acceptors (Lipinski definition) is 6. The van der Waals surface area contributed by atoms with E-state index < -0.39 is 22.0 Å². The van der Waals surface area contributed by atoms with E-state index in [0.29, 0.717) is 23.0 Å². The molecule has 9 heteroatoms. The fraction of sp³-hybridized carbons (Fsp3) is 0.500.